The second-order valence-corrected chi connectivity index (χ2v) is 4.96. The zero-order valence-corrected chi connectivity index (χ0v) is 11.4. The molecule has 3 heteroatoms. The first-order valence-electron chi connectivity index (χ1n) is 7.02. The molecule has 0 spiro atoms. The van der Waals surface area contributed by atoms with Crippen LogP contribution >= 0.6 is 0 Å². The smallest absolute Gasteiger partial charge is 0.115 e. The van der Waals surface area contributed by atoms with Crippen LogP contribution in [0.2, 0.25) is 0 Å². The van der Waals surface area contributed by atoms with E-state index in [9.17, 15) is 5.11 Å². The molecule has 0 heterocycles. The van der Waals surface area contributed by atoms with Crippen molar-refractivity contribution in [2.75, 3.05) is 26.2 Å². The summed E-state index contributed by atoms with van der Waals surface area (Å²) in [5.74, 6) is 0.387. The van der Waals surface area contributed by atoms with Crippen LogP contribution in [-0.2, 0) is 6.42 Å². The van der Waals surface area contributed by atoms with Gasteiger partial charge < -0.3 is 15.3 Å². The van der Waals surface area contributed by atoms with Gasteiger partial charge in [0.05, 0.1) is 0 Å². The van der Waals surface area contributed by atoms with Crippen molar-refractivity contribution < 1.29 is 5.11 Å². The molecule has 1 unspecified atom stereocenters. The Kier molecular flexibility index (Phi) is 4.61. The summed E-state index contributed by atoms with van der Waals surface area (Å²) >= 11 is 0. The number of nitrogens with zero attached hydrogens (tertiary/aromatic N) is 1. The minimum atomic E-state index is 0.387. The Balaban J connectivity index is 1.86. The number of hydrogen-bond donors (Lipinski definition) is 2. The van der Waals surface area contributed by atoms with Gasteiger partial charge in [-0.2, -0.15) is 0 Å². The minimum Gasteiger partial charge on any atom is -0.508 e. The number of fused-ring (bicyclic) bond motifs is 1. The highest BCUT2D eigenvalue weighted by Crippen LogP contribution is 2.32. The van der Waals surface area contributed by atoms with E-state index in [0.29, 0.717) is 11.8 Å². The normalized spacial score (nSPS) is 18.3. The third kappa shape index (κ3) is 3.03. The Morgan fingerprint density at radius 2 is 2.11 bits per heavy atom. The zero-order chi connectivity index (χ0) is 13.0. The van der Waals surface area contributed by atoms with Crippen LogP contribution in [0.5, 0.6) is 5.75 Å². The number of aryl methyl sites for hydroxylation is 1. The molecule has 1 aliphatic carbocycles. The van der Waals surface area contributed by atoms with Crippen LogP contribution in [0.4, 0.5) is 0 Å². The van der Waals surface area contributed by atoms with Crippen LogP contribution in [0, 0.1) is 0 Å². The van der Waals surface area contributed by atoms with E-state index in [1.807, 2.05) is 6.07 Å². The van der Waals surface area contributed by atoms with Crippen molar-refractivity contribution in [1.82, 2.24) is 10.2 Å². The molecule has 0 aliphatic heterocycles. The van der Waals surface area contributed by atoms with Crippen LogP contribution in [-0.4, -0.2) is 36.2 Å². The molecule has 2 rings (SSSR count). The van der Waals surface area contributed by atoms with E-state index >= 15 is 0 Å². The minimum absolute atomic E-state index is 0.387. The molecule has 0 amide bonds. The lowest BCUT2D eigenvalue weighted by Crippen LogP contribution is -2.33. The van der Waals surface area contributed by atoms with Gasteiger partial charge in [-0.3, -0.25) is 0 Å². The summed E-state index contributed by atoms with van der Waals surface area (Å²) in [5, 5.41) is 13.1. The van der Waals surface area contributed by atoms with E-state index in [0.717, 1.165) is 39.0 Å². The summed E-state index contributed by atoms with van der Waals surface area (Å²) in [6, 6.07) is 6.23. The predicted octanol–water partition coefficient (Wildman–Crippen LogP) is 2.31. The molecule has 18 heavy (non-hydrogen) atoms. The van der Waals surface area contributed by atoms with Gasteiger partial charge in [0.1, 0.15) is 5.75 Å². The number of phenolic OH excluding ortho intramolecular Hbond substituents is 1. The number of phenols is 1. The van der Waals surface area contributed by atoms with E-state index in [4.69, 9.17) is 0 Å². The van der Waals surface area contributed by atoms with Crippen molar-refractivity contribution in [2.24, 2.45) is 0 Å². The lowest BCUT2D eigenvalue weighted by atomic mass is 10.1. The molecular formula is C15H24N2O. The Morgan fingerprint density at radius 3 is 2.83 bits per heavy atom. The number of benzene rings is 1. The van der Waals surface area contributed by atoms with Crippen molar-refractivity contribution in [3.8, 4) is 5.75 Å². The fourth-order valence-electron chi connectivity index (χ4n) is 2.75. The topological polar surface area (TPSA) is 35.5 Å². The fraction of sp³-hybridized carbons (Fsp3) is 0.600. The molecule has 1 atom stereocenters. The molecule has 0 fully saturated rings. The van der Waals surface area contributed by atoms with Crippen LogP contribution in [0.1, 0.15) is 37.4 Å². The molecule has 0 aromatic heterocycles. The van der Waals surface area contributed by atoms with Gasteiger partial charge in [0.15, 0.2) is 0 Å². The Morgan fingerprint density at radius 1 is 1.33 bits per heavy atom. The Labute approximate surface area is 110 Å². The molecule has 1 aromatic rings. The van der Waals surface area contributed by atoms with Crippen LogP contribution < -0.4 is 5.32 Å². The number of nitrogens with one attached hydrogen (secondary N) is 1. The van der Waals surface area contributed by atoms with Gasteiger partial charge >= 0.3 is 0 Å². The van der Waals surface area contributed by atoms with E-state index in [1.165, 1.54) is 11.1 Å². The summed E-state index contributed by atoms with van der Waals surface area (Å²) in [6.45, 7) is 8.79. The van der Waals surface area contributed by atoms with Crippen molar-refractivity contribution in [3.63, 3.8) is 0 Å². The van der Waals surface area contributed by atoms with Crippen LogP contribution in [0.15, 0.2) is 18.2 Å². The Hall–Kier alpha value is -1.06. The molecule has 3 nitrogen and oxygen atoms in total. The van der Waals surface area contributed by atoms with Gasteiger partial charge in [0, 0.05) is 19.1 Å². The number of hydrogen-bond acceptors (Lipinski definition) is 3. The maximum Gasteiger partial charge on any atom is 0.115 e. The first kappa shape index (κ1) is 13.4. The SMILES string of the molecule is CCN(CC)CCNC1CCc2cc(O)ccc21. The first-order valence-corrected chi connectivity index (χ1v) is 7.02. The molecule has 0 bridgehead atoms. The van der Waals surface area contributed by atoms with Crippen LogP contribution in [0.3, 0.4) is 0 Å². The van der Waals surface area contributed by atoms with Gasteiger partial charge in [-0.1, -0.05) is 19.9 Å². The summed E-state index contributed by atoms with van der Waals surface area (Å²) in [5.41, 5.74) is 2.67. The van der Waals surface area contributed by atoms with Crippen molar-refractivity contribution in [2.45, 2.75) is 32.7 Å². The summed E-state index contributed by atoms with van der Waals surface area (Å²) in [7, 11) is 0. The van der Waals surface area contributed by atoms with Gasteiger partial charge in [0.25, 0.3) is 0 Å². The molecule has 0 radical (unpaired) electrons. The van der Waals surface area contributed by atoms with E-state index in [-0.39, 0.29) is 0 Å². The first-order chi connectivity index (χ1) is 8.74. The van der Waals surface area contributed by atoms with Crippen molar-refractivity contribution in [1.29, 1.82) is 0 Å². The average Bonchev–Trinajstić information content (AvgIpc) is 2.77. The number of rotatable bonds is 6. The van der Waals surface area contributed by atoms with Gasteiger partial charge in [-0.15, -0.1) is 0 Å². The number of aromatic hydroxyl groups is 1. The van der Waals surface area contributed by atoms with E-state index in [1.54, 1.807) is 6.07 Å². The van der Waals surface area contributed by atoms with Crippen LogP contribution in [0.25, 0.3) is 0 Å². The Bertz CT molecular complexity index is 388. The highest BCUT2D eigenvalue weighted by atomic mass is 16.3. The van der Waals surface area contributed by atoms with E-state index < -0.39 is 0 Å². The number of likely N-dealkylation sites (N-methyl/N-ethyl adjacent to an activating group) is 1. The monoisotopic (exact) mass is 248 g/mol. The van der Waals surface area contributed by atoms with Gasteiger partial charge in [-0.25, -0.2) is 0 Å². The largest absolute Gasteiger partial charge is 0.508 e. The molecule has 0 saturated carbocycles. The summed E-state index contributed by atoms with van der Waals surface area (Å²) in [4.78, 5) is 2.43. The molecule has 2 N–H and O–H groups in total. The second-order valence-electron chi connectivity index (χ2n) is 4.96. The lowest BCUT2D eigenvalue weighted by Gasteiger charge is -2.20. The summed E-state index contributed by atoms with van der Waals surface area (Å²) in [6.07, 6.45) is 2.23. The zero-order valence-electron chi connectivity index (χ0n) is 11.4. The maximum atomic E-state index is 9.47. The van der Waals surface area contributed by atoms with Gasteiger partial charge in [0.2, 0.25) is 0 Å². The molecule has 100 valence electrons. The third-order valence-electron chi connectivity index (χ3n) is 3.92. The highest BCUT2D eigenvalue weighted by molar-refractivity contribution is 5.39. The van der Waals surface area contributed by atoms with Crippen molar-refractivity contribution >= 4 is 0 Å². The quantitative estimate of drug-likeness (QED) is 0.811. The van der Waals surface area contributed by atoms with Gasteiger partial charge in [-0.05, 0) is 49.2 Å². The predicted molar refractivity (Wildman–Crippen MR) is 75.0 cm³/mol. The molecule has 1 aliphatic rings. The summed E-state index contributed by atoms with van der Waals surface area (Å²) < 4.78 is 0. The fourth-order valence-corrected chi connectivity index (χ4v) is 2.75. The average molecular weight is 248 g/mol. The highest BCUT2D eigenvalue weighted by Gasteiger charge is 2.21. The lowest BCUT2D eigenvalue weighted by molar-refractivity contribution is 0.296. The second kappa shape index (κ2) is 6.21. The third-order valence-corrected chi connectivity index (χ3v) is 3.92. The molecule has 1 aromatic carbocycles. The molecule has 0 saturated heterocycles. The van der Waals surface area contributed by atoms with Crippen molar-refractivity contribution in [3.05, 3.63) is 29.3 Å². The molecular weight excluding hydrogens is 224 g/mol. The maximum absolute atomic E-state index is 9.47. The van der Waals surface area contributed by atoms with E-state index in [2.05, 4.69) is 30.1 Å². The standard InChI is InChI=1S/C15H24N2O/c1-3-17(4-2)10-9-16-15-8-5-12-11-13(18)6-7-14(12)15/h6-7,11,15-16,18H,3-5,8-10H2,1-2H3.